The van der Waals surface area contributed by atoms with Crippen LogP contribution in [0.2, 0.25) is 0 Å². The molecule has 1 aromatic carbocycles. The molecule has 21 heavy (non-hydrogen) atoms. The molecule has 1 aromatic heterocycles. The first-order valence-corrected chi connectivity index (χ1v) is 6.53. The summed E-state index contributed by atoms with van der Waals surface area (Å²) in [6, 6.07) is 9.31. The highest BCUT2D eigenvalue weighted by Crippen LogP contribution is 2.13. The largest absolute Gasteiger partial charge is 0.480 e. The molecule has 0 aliphatic rings. The maximum Gasteiger partial charge on any atom is 0.323 e. The van der Waals surface area contributed by atoms with Crippen molar-refractivity contribution in [3.05, 3.63) is 41.7 Å². The minimum absolute atomic E-state index is 0.168. The van der Waals surface area contributed by atoms with Crippen LogP contribution in [0.15, 0.2) is 30.3 Å². The summed E-state index contributed by atoms with van der Waals surface area (Å²) in [6.07, 6.45) is 0. The molecule has 0 aliphatic heterocycles. The zero-order valence-corrected chi connectivity index (χ0v) is 11.9. The molecule has 0 saturated carbocycles. The summed E-state index contributed by atoms with van der Waals surface area (Å²) >= 11 is 0. The van der Waals surface area contributed by atoms with Gasteiger partial charge >= 0.3 is 5.97 Å². The third kappa shape index (κ3) is 3.07. The molecule has 7 heteroatoms. The van der Waals surface area contributed by atoms with E-state index < -0.39 is 11.9 Å². The lowest BCUT2D eigenvalue weighted by Gasteiger charge is -2.17. The lowest BCUT2D eigenvalue weighted by Crippen LogP contribution is -2.36. The van der Waals surface area contributed by atoms with E-state index in [2.05, 4.69) is 10.3 Å². The summed E-state index contributed by atoms with van der Waals surface area (Å²) in [6.45, 7) is 3.39. The monoisotopic (exact) mass is 288 g/mol. The lowest BCUT2D eigenvalue weighted by molar-refractivity contribution is -0.137. The average molecular weight is 288 g/mol. The SMILES string of the molecule is CCN(CC(=O)O)C(=O)c1nnn(-c2ccccc2)c1C. The molecule has 1 N–H and O–H groups in total. The van der Waals surface area contributed by atoms with E-state index in [1.807, 2.05) is 30.3 Å². The van der Waals surface area contributed by atoms with Gasteiger partial charge in [-0.1, -0.05) is 23.4 Å². The molecule has 0 atom stereocenters. The third-order valence-electron chi connectivity index (χ3n) is 3.09. The Morgan fingerprint density at radius 1 is 1.29 bits per heavy atom. The summed E-state index contributed by atoms with van der Waals surface area (Å²) in [5.41, 5.74) is 1.54. The molecule has 2 rings (SSSR count). The Morgan fingerprint density at radius 3 is 2.52 bits per heavy atom. The molecule has 7 nitrogen and oxygen atoms in total. The minimum Gasteiger partial charge on any atom is -0.480 e. The van der Waals surface area contributed by atoms with Crippen molar-refractivity contribution < 1.29 is 14.7 Å². The number of rotatable bonds is 5. The Labute approximate surface area is 121 Å². The molecule has 1 amide bonds. The van der Waals surface area contributed by atoms with Crippen LogP contribution in [-0.2, 0) is 4.79 Å². The van der Waals surface area contributed by atoms with Gasteiger partial charge in [-0.2, -0.15) is 0 Å². The van der Waals surface area contributed by atoms with Crippen LogP contribution in [0.3, 0.4) is 0 Å². The Bertz CT molecular complexity index is 651. The van der Waals surface area contributed by atoms with E-state index >= 15 is 0 Å². The molecule has 0 unspecified atom stereocenters. The van der Waals surface area contributed by atoms with Crippen LogP contribution in [0, 0.1) is 6.92 Å². The molecule has 0 bridgehead atoms. The number of aliphatic carboxylic acids is 1. The normalized spacial score (nSPS) is 10.4. The van der Waals surface area contributed by atoms with Gasteiger partial charge in [-0.05, 0) is 26.0 Å². The van der Waals surface area contributed by atoms with Gasteiger partial charge in [-0.15, -0.1) is 5.10 Å². The molecule has 0 radical (unpaired) electrons. The summed E-state index contributed by atoms with van der Waals surface area (Å²) in [5.74, 6) is -1.49. The van der Waals surface area contributed by atoms with Crippen molar-refractivity contribution in [2.24, 2.45) is 0 Å². The van der Waals surface area contributed by atoms with E-state index in [1.54, 1.807) is 18.5 Å². The first-order chi connectivity index (χ1) is 10.0. The van der Waals surface area contributed by atoms with E-state index in [9.17, 15) is 9.59 Å². The van der Waals surface area contributed by atoms with Crippen molar-refractivity contribution in [2.45, 2.75) is 13.8 Å². The number of para-hydroxylation sites is 1. The zero-order valence-electron chi connectivity index (χ0n) is 11.9. The van der Waals surface area contributed by atoms with Gasteiger partial charge in [0.1, 0.15) is 6.54 Å². The highest BCUT2D eigenvalue weighted by atomic mass is 16.4. The number of benzene rings is 1. The van der Waals surface area contributed by atoms with Crippen molar-refractivity contribution in [3.8, 4) is 5.69 Å². The van der Waals surface area contributed by atoms with E-state index in [0.29, 0.717) is 12.2 Å². The number of hydrogen-bond donors (Lipinski definition) is 1. The molecule has 1 heterocycles. The second-order valence-corrected chi connectivity index (χ2v) is 4.48. The summed E-state index contributed by atoms with van der Waals surface area (Å²) in [7, 11) is 0. The Kier molecular flexibility index (Phi) is 4.32. The summed E-state index contributed by atoms with van der Waals surface area (Å²) in [5, 5.41) is 16.7. The topological polar surface area (TPSA) is 88.3 Å². The molecule has 2 aromatic rings. The number of hydrogen-bond acceptors (Lipinski definition) is 4. The van der Waals surface area contributed by atoms with E-state index in [1.165, 1.54) is 4.90 Å². The number of nitrogens with zero attached hydrogens (tertiary/aromatic N) is 4. The summed E-state index contributed by atoms with van der Waals surface area (Å²) < 4.78 is 1.56. The van der Waals surface area contributed by atoms with Gasteiger partial charge in [0.25, 0.3) is 5.91 Å². The van der Waals surface area contributed by atoms with E-state index in [-0.39, 0.29) is 12.2 Å². The van der Waals surface area contributed by atoms with Crippen LogP contribution >= 0.6 is 0 Å². The van der Waals surface area contributed by atoms with Crippen LogP contribution in [0.1, 0.15) is 23.1 Å². The number of aromatic nitrogens is 3. The first kappa shape index (κ1) is 14.7. The van der Waals surface area contributed by atoms with Crippen LogP contribution in [0.4, 0.5) is 0 Å². The molecule has 110 valence electrons. The molecule has 0 aliphatic carbocycles. The van der Waals surface area contributed by atoms with Gasteiger partial charge in [-0.25, -0.2) is 4.68 Å². The number of carbonyl (C=O) groups is 2. The lowest BCUT2D eigenvalue weighted by atomic mass is 10.2. The van der Waals surface area contributed by atoms with Crippen LogP contribution in [0.25, 0.3) is 5.69 Å². The minimum atomic E-state index is -1.06. The fraction of sp³-hybridized carbons (Fsp3) is 0.286. The number of amides is 1. The van der Waals surface area contributed by atoms with Gasteiger partial charge in [0, 0.05) is 6.54 Å². The van der Waals surface area contributed by atoms with Gasteiger partial charge in [-0.3, -0.25) is 9.59 Å². The van der Waals surface area contributed by atoms with Crippen molar-refractivity contribution in [1.82, 2.24) is 19.9 Å². The highest BCUT2D eigenvalue weighted by molar-refractivity contribution is 5.95. The zero-order chi connectivity index (χ0) is 15.4. The number of carbonyl (C=O) groups excluding carboxylic acids is 1. The van der Waals surface area contributed by atoms with Gasteiger partial charge < -0.3 is 10.0 Å². The van der Waals surface area contributed by atoms with Gasteiger partial charge in [0.05, 0.1) is 11.4 Å². The van der Waals surface area contributed by atoms with E-state index in [0.717, 1.165) is 5.69 Å². The van der Waals surface area contributed by atoms with Gasteiger partial charge in [0.15, 0.2) is 5.69 Å². The highest BCUT2D eigenvalue weighted by Gasteiger charge is 2.23. The fourth-order valence-corrected chi connectivity index (χ4v) is 1.98. The fourth-order valence-electron chi connectivity index (χ4n) is 1.98. The standard InChI is InChI=1S/C14H16N4O3/c1-3-17(9-12(19)20)14(21)13-10(2)18(16-15-13)11-7-5-4-6-8-11/h4-8H,3,9H2,1-2H3,(H,19,20). The van der Waals surface area contributed by atoms with Crippen LogP contribution < -0.4 is 0 Å². The van der Waals surface area contributed by atoms with Crippen LogP contribution in [0.5, 0.6) is 0 Å². The molecular weight excluding hydrogens is 272 g/mol. The van der Waals surface area contributed by atoms with Crippen molar-refractivity contribution >= 4 is 11.9 Å². The van der Waals surface area contributed by atoms with Crippen molar-refractivity contribution in [2.75, 3.05) is 13.1 Å². The quantitative estimate of drug-likeness (QED) is 0.890. The van der Waals surface area contributed by atoms with Crippen molar-refractivity contribution in [1.29, 1.82) is 0 Å². The average Bonchev–Trinajstić information content (AvgIpc) is 2.86. The van der Waals surface area contributed by atoms with E-state index in [4.69, 9.17) is 5.11 Å². The molecule has 0 saturated heterocycles. The maximum absolute atomic E-state index is 12.3. The Morgan fingerprint density at radius 2 is 1.95 bits per heavy atom. The van der Waals surface area contributed by atoms with Gasteiger partial charge in [0.2, 0.25) is 0 Å². The molecule has 0 spiro atoms. The van der Waals surface area contributed by atoms with Crippen molar-refractivity contribution in [3.63, 3.8) is 0 Å². The smallest absolute Gasteiger partial charge is 0.323 e. The Balaban J connectivity index is 2.31. The second-order valence-electron chi connectivity index (χ2n) is 4.48. The second kappa shape index (κ2) is 6.17. The maximum atomic E-state index is 12.3. The summed E-state index contributed by atoms with van der Waals surface area (Å²) in [4.78, 5) is 24.3. The first-order valence-electron chi connectivity index (χ1n) is 6.53. The predicted molar refractivity (Wildman–Crippen MR) is 75.3 cm³/mol. The molecular formula is C14H16N4O3. The number of carboxylic acid groups (broad SMARTS) is 1. The number of carboxylic acids is 1. The predicted octanol–water partition coefficient (Wildman–Crippen LogP) is 1.12. The Hall–Kier alpha value is -2.70. The third-order valence-corrected chi connectivity index (χ3v) is 3.09. The van der Waals surface area contributed by atoms with Crippen LogP contribution in [-0.4, -0.2) is 50.0 Å². The number of likely N-dealkylation sites (N-methyl/N-ethyl adjacent to an activating group) is 1. The molecule has 0 fully saturated rings.